The standard InChI is InChI=1S/C25H32N2O2/c1-24(2,3)19-25(4,5)21-13-15-22(16-14-21)29-18-23(28)27-26-17-9-12-20-10-7-6-8-11-20/h6-17H,18-19H2,1-5H3,(H,27,28)/b12-9+,26-17+. The molecular formula is C25H32N2O2. The number of nitrogens with one attached hydrogen (secondary N) is 1. The second-order valence-corrected chi connectivity index (χ2v) is 9.02. The number of hydrogen-bond donors (Lipinski definition) is 1. The number of nitrogens with zero attached hydrogens (tertiary/aromatic N) is 1. The molecule has 0 saturated heterocycles. The third-order valence-corrected chi connectivity index (χ3v) is 4.42. The van der Waals surface area contributed by atoms with Crippen LogP contribution in [0.15, 0.2) is 65.8 Å². The molecule has 0 fully saturated rings. The highest BCUT2D eigenvalue weighted by atomic mass is 16.5. The third kappa shape index (κ3) is 8.34. The van der Waals surface area contributed by atoms with Crippen molar-refractivity contribution >= 4 is 18.2 Å². The zero-order valence-corrected chi connectivity index (χ0v) is 18.1. The van der Waals surface area contributed by atoms with Crippen LogP contribution in [0.4, 0.5) is 0 Å². The van der Waals surface area contributed by atoms with Gasteiger partial charge in [0, 0.05) is 6.21 Å². The zero-order valence-electron chi connectivity index (χ0n) is 18.1. The lowest BCUT2D eigenvalue weighted by Crippen LogP contribution is -2.25. The van der Waals surface area contributed by atoms with Gasteiger partial charge >= 0.3 is 0 Å². The van der Waals surface area contributed by atoms with Crippen LogP contribution in [0.5, 0.6) is 5.75 Å². The summed E-state index contributed by atoms with van der Waals surface area (Å²) in [4.78, 5) is 11.9. The summed E-state index contributed by atoms with van der Waals surface area (Å²) in [5.41, 5.74) is 5.13. The summed E-state index contributed by atoms with van der Waals surface area (Å²) >= 11 is 0. The van der Waals surface area contributed by atoms with E-state index < -0.39 is 0 Å². The molecule has 0 bridgehead atoms. The maximum absolute atomic E-state index is 11.9. The molecule has 1 N–H and O–H groups in total. The fourth-order valence-electron chi connectivity index (χ4n) is 3.48. The number of hydrogen-bond acceptors (Lipinski definition) is 3. The molecule has 29 heavy (non-hydrogen) atoms. The van der Waals surface area contributed by atoms with Crippen LogP contribution in [-0.4, -0.2) is 18.7 Å². The predicted octanol–water partition coefficient (Wildman–Crippen LogP) is 5.59. The molecular weight excluding hydrogens is 360 g/mol. The van der Waals surface area contributed by atoms with Gasteiger partial charge in [0.2, 0.25) is 0 Å². The first-order valence-corrected chi connectivity index (χ1v) is 9.93. The zero-order chi connectivity index (χ0) is 21.3. The van der Waals surface area contributed by atoms with E-state index in [-0.39, 0.29) is 23.3 Å². The average Bonchev–Trinajstić information content (AvgIpc) is 2.65. The molecule has 4 nitrogen and oxygen atoms in total. The first-order valence-electron chi connectivity index (χ1n) is 9.93. The number of amides is 1. The number of carbonyl (C=O) groups excluding carboxylic acids is 1. The minimum Gasteiger partial charge on any atom is -0.484 e. The number of benzene rings is 2. The highest BCUT2D eigenvalue weighted by Crippen LogP contribution is 2.36. The van der Waals surface area contributed by atoms with E-state index in [4.69, 9.17) is 4.74 Å². The lowest BCUT2D eigenvalue weighted by molar-refractivity contribution is -0.123. The molecule has 0 aliphatic carbocycles. The van der Waals surface area contributed by atoms with Gasteiger partial charge in [0.15, 0.2) is 6.61 Å². The predicted molar refractivity (Wildman–Crippen MR) is 121 cm³/mol. The molecule has 4 heteroatoms. The Morgan fingerprint density at radius 2 is 1.66 bits per heavy atom. The normalized spacial score (nSPS) is 12.4. The summed E-state index contributed by atoms with van der Waals surface area (Å²) in [5, 5.41) is 3.89. The number of carbonyl (C=O) groups is 1. The van der Waals surface area contributed by atoms with E-state index in [1.54, 1.807) is 6.08 Å². The average molecular weight is 393 g/mol. The highest BCUT2D eigenvalue weighted by Gasteiger charge is 2.27. The molecule has 0 spiro atoms. The van der Waals surface area contributed by atoms with Crippen LogP contribution in [0, 0.1) is 5.41 Å². The number of hydrazone groups is 1. The van der Waals surface area contributed by atoms with Gasteiger partial charge in [-0.2, -0.15) is 5.10 Å². The summed E-state index contributed by atoms with van der Waals surface area (Å²) in [5.74, 6) is 0.370. The smallest absolute Gasteiger partial charge is 0.277 e. The Kier molecular flexibility index (Phi) is 7.77. The van der Waals surface area contributed by atoms with Crippen LogP contribution in [0.25, 0.3) is 6.08 Å². The Balaban J connectivity index is 1.78. The first kappa shape index (κ1) is 22.4. The van der Waals surface area contributed by atoms with Gasteiger partial charge in [-0.25, -0.2) is 5.43 Å². The Morgan fingerprint density at radius 3 is 2.28 bits per heavy atom. The van der Waals surface area contributed by atoms with Crippen LogP contribution in [0.3, 0.4) is 0 Å². The molecule has 0 atom stereocenters. The monoisotopic (exact) mass is 392 g/mol. The van der Waals surface area contributed by atoms with Crippen molar-refractivity contribution in [1.29, 1.82) is 0 Å². The van der Waals surface area contributed by atoms with Crippen LogP contribution in [0.2, 0.25) is 0 Å². The summed E-state index contributed by atoms with van der Waals surface area (Å²) in [6.07, 6.45) is 6.31. The number of rotatable bonds is 8. The lowest BCUT2D eigenvalue weighted by Gasteiger charge is -2.33. The van der Waals surface area contributed by atoms with Crippen LogP contribution < -0.4 is 10.2 Å². The first-order chi connectivity index (χ1) is 13.7. The van der Waals surface area contributed by atoms with Gasteiger partial charge in [0.05, 0.1) is 0 Å². The topological polar surface area (TPSA) is 50.7 Å². The van der Waals surface area contributed by atoms with Gasteiger partial charge in [-0.3, -0.25) is 4.79 Å². The molecule has 0 aromatic heterocycles. The minimum absolute atomic E-state index is 0.0789. The van der Waals surface area contributed by atoms with Gasteiger partial charge in [-0.1, -0.05) is 83.2 Å². The summed E-state index contributed by atoms with van der Waals surface area (Å²) < 4.78 is 5.56. The van der Waals surface area contributed by atoms with Gasteiger partial charge in [-0.05, 0) is 46.6 Å². The van der Waals surface area contributed by atoms with Crippen molar-refractivity contribution in [3.8, 4) is 5.75 Å². The van der Waals surface area contributed by atoms with Crippen molar-refractivity contribution in [2.24, 2.45) is 10.5 Å². The van der Waals surface area contributed by atoms with Crippen molar-refractivity contribution in [2.45, 2.75) is 46.5 Å². The molecule has 154 valence electrons. The molecule has 0 unspecified atom stereocenters. The second-order valence-electron chi connectivity index (χ2n) is 9.02. The van der Waals surface area contributed by atoms with Gasteiger partial charge in [0.1, 0.15) is 5.75 Å². The quantitative estimate of drug-likeness (QED) is 0.470. The van der Waals surface area contributed by atoms with Crippen LogP contribution >= 0.6 is 0 Å². The maximum Gasteiger partial charge on any atom is 0.277 e. The molecule has 0 aliphatic rings. The largest absolute Gasteiger partial charge is 0.484 e. The van der Waals surface area contributed by atoms with E-state index in [2.05, 4.69) is 57.3 Å². The van der Waals surface area contributed by atoms with E-state index in [1.165, 1.54) is 11.8 Å². The van der Waals surface area contributed by atoms with Crippen molar-refractivity contribution in [1.82, 2.24) is 5.43 Å². The second kappa shape index (κ2) is 10.1. The molecule has 2 aromatic carbocycles. The Labute approximate surface area is 174 Å². The molecule has 1 amide bonds. The van der Waals surface area contributed by atoms with Crippen molar-refractivity contribution in [2.75, 3.05) is 6.61 Å². The van der Waals surface area contributed by atoms with Gasteiger partial charge in [-0.15, -0.1) is 0 Å². The highest BCUT2D eigenvalue weighted by molar-refractivity contribution is 5.81. The Bertz CT molecular complexity index is 829. The molecule has 2 rings (SSSR count). The van der Waals surface area contributed by atoms with Gasteiger partial charge < -0.3 is 4.74 Å². The summed E-state index contributed by atoms with van der Waals surface area (Å²) in [6.45, 7) is 11.2. The van der Waals surface area contributed by atoms with E-state index in [1.807, 2.05) is 48.5 Å². The van der Waals surface area contributed by atoms with E-state index in [9.17, 15) is 4.79 Å². The molecule has 2 aromatic rings. The molecule has 0 saturated carbocycles. The molecule has 0 aliphatic heterocycles. The SMILES string of the molecule is CC(C)(C)CC(C)(C)c1ccc(OCC(=O)N/N=C/C=C/c2ccccc2)cc1. The van der Waals surface area contributed by atoms with Gasteiger partial charge in [0.25, 0.3) is 5.91 Å². The Morgan fingerprint density at radius 1 is 1.00 bits per heavy atom. The fraction of sp³-hybridized carbons (Fsp3) is 0.360. The third-order valence-electron chi connectivity index (χ3n) is 4.42. The molecule has 0 radical (unpaired) electrons. The van der Waals surface area contributed by atoms with E-state index in [0.717, 1.165) is 12.0 Å². The summed E-state index contributed by atoms with van der Waals surface area (Å²) in [6, 6.07) is 17.9. The van der Waals surface area contributed by atoms with Crippen molar-refractivity contribution in [3.05, 3.63) is 71.8 Å². The van der Waals surface area contributed by atoms with Crippen LogP contribution in [0.1, 0.15) is 52.2 Å². The number of allylic oxidation sites excluding steroid dienone is 1. The van der Waals surface area contributed by atoms with Crippen molar-refractivity contribution in [3.63, 3.8) is 0 Å². The van der Waals surface area contributed by atoms with Crippen molar-refractivity contribution < 1.29 is 9.53 Å². The Hall–Kier alpha value is -2.88. The minimum atomic E-state index is -0.300. The molecule has 0 heterocycles. The summed E-state index contributed by atoms with van der Waals surface area (Å²) in [7, 11) is 0. The van der Waals surface area contributed by atoms with E-state index >= 15 is 0 Å². The number of ether oxygens (including phenoxy) is 1. The van der Waals surface area contributed by atoms with E-state index in [0.29, 0.717) is 5.75 Å². The fourth-order valence-corrected chi connectivity index (χ4v) is 3.48. The maximum atomic E-state index is 11.9. The lowest BCUT2D eigenvalue weighted by atomic mass is 9.72. The van der Waals surface area contributed by atoms with Crippen LogP contribution in [-0.2, 0) is 10.2 Å².